The Hall–Kier alpha value is -0.240. The third kappa shape index (κ3) is 14.3. The smallest absolute Gasteiger partial charge is 0.181 e. The quantitative estimate of drug-likeness (QED) is 0.164. The SMILES string of the molecule is C.CCC(C)C1CCC2(C)OC2C1.CCCC1CCC2OC2C1.CCCCOC1CO1.CCCCOCC1CO1. The van der Waals surface area contributed by atoms with Crippen molar-refractivity contribution in [2.24, 2.45) is 17.8 Å². The molecule has 6 rings (SSSR count). The van der Waals surface area contributed by atoms with Crippen molar-refractivity contribution in [3.05, 3.63) is 0 Å². The molecule has 2 saturated carbocycles. The number of fused-ring (bicyclic) bond motifs is 2. The predicted octanol–water partition coefficient (Wildman–Crippen LogP) is 8.34. The molecule has 2 aliphatic carbocycles. The van der Waals surface area contributed by atoms with Gasteiger partial charge in [0.2, 0.25) is 0 Å². The number of ether oxygens (including phenoxy) is 6. The van der Waals surface area contributed by atoms with Gasteiger partial charge in [-0.3, -0.25) is 0 Å². The molecule has 6 nitrogen and oxygen atoms in total. The Morgan fingerprint density at radius 2 is 1.60 bits per heavy atom. The fraction of sp³-hybridized carbons (Fsp3) is 1.00. The maximum atomic E-state index is 5.69. The van der Waals surface area contributed by atoms with Crippen molar-refractivity contribution >= 4 is 0 Å². The van der Waals surface area contributed by atoms with Gasteiger partial charge >= 0.3 is 0 Å². The minimum absolute atomic E-state index is 0. The van der Waals surface area contributed by atoms with Crippen LogP contribution in [0.15, 0.2) is 0 Å². The molecule has 0 aromatic heterocycles. The first-order valence-electron chi connectivity index (χ1n) is 16.7. The van der Waals surface area contributed by atoms with Gasteiger partial charge in [0.05, 0.1) is 37.1 Å². The van der Waals surface area contributed by atoms with Crippen molar-refractivity contribution in [1.29, 1.82) is 0 Å². The summed E-state index contributed by atoms with van der Waals surface area (Å²) in [6.07, 6.45) is 19.6. The number of hydrogen-bond donors (Lipinski definition) is 0. The van der Waals surface area contributed by atoms with E-state index in [1.807, 2.05) is 0 Å². The van der Waals surface area contributed by atoms with Gasteiger partial charge in [0.25, 0.3) is 0 Å². The monoisotopic (exact) mass is 570 g/mol. The minimum Gasteiger partial charge on any atom is -0.379 e. The van der Waals surface area contributed by atoms with E-state index in [4.69, 9.17) is 28.4 Å². The highest BCUT2D eigenvalue weighted by atomic mass is 16.8. The Balaban J connectivity index is 0.000000187. The standard InChI is InChI=1S/C11H20O.C9H16O.C7H14O2.C6H12O2.CH4/c1-4-8(2)9-5-6-11(3)10(7-9)12-11;1-2-3-7-4-5-8-9(6-7)10-8;1-2-3-4-8-5-7-6-9-7;1-2-3-4-7-6-5-8-6;/h8-10H,4-7H2,1-3H3;7-9H,2-6H2,1H3;7H,2-6H2,1H3;6H,2-5H2,1H3;1H4. The second-order valence-corrected chi connectivity index (χ2v) is 12.9. The van der Waals surface area contributed by atoms with Crippen molar-refractivity contribution in [2.45, 2.75) is 169 Å². The second kappa shape index (κ2) is 19.1. The summed E-state index contributed by atoms with van der Waals surface area (Å²) in [5.41, 5.74) is 0.309. The second-order valence-electron chi connectivity index (χ2n) is 12.9. The van der Waals surface area contributed by atoms with Gasteiger partial charge in [-0.2, -0.15) is 0 Å². The molecule has 9 atom stereocenters. The van der Waals surface area contributed by atoms with Crippen molar-refractivity contribution in [3.63, 3.8) is 0 Å². The highest BCUT2D eigenvalue weighted by Crippen LogP contribution is 2.51. The number of epoxide rings is 4. The number of rotatable bonds is 13. The fourth-order valence-corrected chi connectivity index (χ4v) is 5.80. The van der Waals surface area contributed by atoms with Crippen LogP contribution in [0.1, 0.15) is 132 Å². The average Bonchev–Trinajstić information content (AvgIpc) is 3.75. The van der Waals surface area contributed by atoms with Crippen LogP contribution in [-0.2, 0) is 28.4 Å². The maximum Gasteiger partial charge on any atom is 0.181 e. The van der Waals surface area contributed by atoms with E-state index in [0.717, 1.165) is 57.2 Å². The molecule has 0 radical (unpaired) electrons. The highest BCUT2D eigenvalue weighted by Gasteiger charge is 2.55. The fourth-order valence-electron chi connectivity index (χ4n) is 5.80. The third-order valence-corrected chi connectivity index (χ3v) is 9.27. The van der Waals surface area contributed by atoms with Crippen LogP contribution in [0.5, 0.6) is 0 Å². The van der Waals surface area contributed by atoms with Crippen LogP contribution in [-0.4, -0.2) is 69.3 Å². The largest absolute Gasteiger partial charge is 0.379 e. The van der Waals surface area contributed by atoms with Crippen LogP contribution in [0.3, 0.4) is 0 Å². The van der Waals surface area contributed by atoms with Crippen molar-refractivity contribution in [1.82, 2.24) is 0 Å². The summed E-state index contributed by atoms with van der Waals surface area (Å²) in [6, 6.07) is 0. The molecular formula is C34H66O6. The van der Waals surface area contributed by atoms with E-state index in [0.29, 0.717) is 30.0 Å². The van der Waals surface area contributed by atoms with Crippen molar-refractivity contribution in [3.8, 4) is 0 Å². The van der Waals surface area contributed by atoms with Gasteiger partial charge < -0.3 is 28.4 Å². The van der Waals surface area contributed by atoms with E-state index in [2.05, 4.69) is 41.5 Å². The molecule has 0 aromatic rings. The van der Waals surface area contributed by atoms with Crippen LogP contribution in [0.4, 0.5) is 0 Å². The molecule has 6 heteroatoms. The molecule has 238 valence electrons. The van der Waals surface area contributed by atoms with Crippen LogP contribution >= 0.6 is 0 Å². The number of hydrogen-bond acceptors (Lipinski definition) is 6. The molecule has 40 heavy (non-hydrogen) atoms. The molecule has 6 aliphatic rings. The topological polar surface area (TPSA) is 68.6 Å². The zero-order valence-electron chi connectivity index (χ0n) is 26.3. The van der Waals surface area contributed by atoms with Gasteiger partial charge in [0.15, 0.2) is 6.29 Å². The summed E-state index contributed by atoms with van der Waals surface area (Å²) in [7, 11) is 0. The zero-order valence-corrected chi connectivity index (χ0v) is 26.3. The molecule has 0 N–H and O–H groups in total. The molecule has 0 amide bonds. The van der Waals surface area contributed by atoms with Crippen molar-refractivity contribution < 1.29 is 28.4 Å². The van der Waals surface area contributed by atoms with E-state index < -0.39 is 0 Å². The van der Waals surface area contributed by atoms with Gasteiger partial charge in [0.1, 0.15) is 12.7 Å². The first kappa shape index (κ1) is 36.0. The third-order valence-electron chi connectivity index (χ3n) is 9.27. The van der Waals surface area contributed by atoms with Crippen LogP contribution < -0.4 is 0 Å². The molecule has 4 aliphatic heterocycles. The van der Waals surface area contributed by atoms with Crippen molar-refractivity contribution in [2.75, 3.05) is 33.0 Å². The molecule has 9 unspecified atom stereocenters. The van der Waals surface area contributed by atoms with E-state index in [9.17, 15) is 0 Å². The molecular weight excluding hydrogens is 504 g/mol. The zero-order chi connectivity index (χ0) is 28.1. The lowest BCUT2D eigenvalue weighted by atomic mass is 9.76. The lowest BCUT2D eigenvalue weighted by molar-refractivity contribution is 0.0486. The highest BCUT2D eigenvalue weighted by molar-refractivity contribution is 5.03. The average molecular weight is 571 g/mol. The summed E-state index contributed by atoms with van der Waals surface area (Å²) in [5.74, 6) is 2.84. The van der Waals surface area contributed by atoms with Gasteiger partial charge in [-0.25, -0.2) is 0 Å². The number of unbranched alkanes of at least 4 members (excludes halogenated alkanes) is 2. The molecule has 4 heterocycles. The lowest BCUT2D eigenvalue weighted by Gasteiger charge is -2.26. The summed E-state index contributed by atoms with van der Waals surface area (Å²) in [4.78, 5) is 0. The Bertz CT molecular complexity index is 638. The van der Waals surface area contributed by atoms with Gasteiger partial charge in [-0.05, 0) is 76.0 Å². The molecule has 4 saturated heterocycles. The molecule has 6 fully saturated rings. The van der Waals surface area contributed by atoms with Crippen LogP contribution in [0.25, 0.3) is 0 Å². The van der Waals surface area contributed by atoms with E-state index in [-0.39, 0.29) is 13.7 Å². The lowest BCUT2D eigenvalue weighted by Crippen LogP contribution is -2.24. The van der Waals surface area contributed by atoms with Crippen LogP contribution in [0.2, 0.25) is 0 Å². The molecule has 0 spiro atoms. The Labute approximate surface area is 247 Å². The maximum absolute atomic E-state index is 5.69. The predicted molar refractivity (Wildman–Crippen MR) is 164 cm³/mol. The summed E-state index contributed by atoms with van der Waals surface area (Å²) >= 11 is 0. The minimum atomic E-state index is 0. The Morgan fingerprint density at radius 1 is 0.875 bits per heavy atom. The Kier molecular flexibility index (Phi) is 17.2. The summed E-state index contributed by atoms with van der Waals surface area (Å²) in [5, 5.41) is 0. The first-order valence-corrected chi connectivity index (χ1v) is 16.7. The first-order chi connectivity index (χ1) is 18.9. The summed E-state index contributed by atoms with van der Waals surface area (Å²) in [6.45, 7) is 17.8. The van der Waals surface area contributed by atoms with E-state index in [1.54, 1.807) is 0 Å². The van der Waals surface area contributed by atoms with E-state index in [1.165, 1.54) is 77.0 Å². The van der Waals surface area contributed by atoms with E-state index >= 15 is 0 Å². The van der Waals surface area contributed by atoms with Gasteiger partial charge in [0, 0.05) is 13.2 Å². The Morgan fingerprint density at radius 3 is 2.17 bits per heavy atom. The van der Waals surface area contributed by atoms with Crippen LogP contribution in [0, 0.1) is 17.8 Å². The summed E-state index contributed by atoms with van der Waals surface area (Å²) < 4.78 is 31.4. The molecule has 0 aromatic carbocycles. The van der Waals surface area contributed by atoms with Gasteiger partial charge in [-0.1, -0.05) is 74.1 Å². The molecule has 0 bridgehead atoms. The van der Waals surface area contributed by atoms with Gasteiger partial charge in [-0.15, -0.1) is 0 Å². The normalized spacial score (nSPS) is 36.3.